The molecule has 2 aliphatic carbocycles. The van der Waals surface area contributed by atoms with E-state index < -0.39 is 11.6 Å². The number of hydrogen-bond donors (Lipinski definition) is 2. The van der Waals surface area contributed by atoms with E-state index in [0.717, 1.165) is 77.9 Å². The number of morpholine rings is 1. The molecule has 2 unspecified atom stereocenters. The fourth-order valence-electron chi connectivity index (χ4n) is 8.70. The maximum atomic E-state index is 17.5. The number of phenolic OH excluding ortho intramolecular Hbond substituents is 1. The summed E-state index contributed by atoms with van der Waals surface area (Å²) in [5.41, 5.74) is 1.51. The van der Waals surface area contributed by atoms with Gasteiger partial charge in [-0.1, -0.05) is 25.8 Å². The third-order valence-electron chi connectivity index (χ3n) is 11.7. The molecule has 4 heterocycles. The maximum Gasteiger partial charge on any atom is 0.319 e. The molecule has 2 bridgehead atoms. The van der Waals surface area contributed by atoms with E-state index in [0.29, 0.717) is 51.8 Å². The minimum atomic E-state index is -0.578. The van der Waals surface area contributed by atoms with Gasteiger partial charge in [0.15, 0.2) is 5.82 Å². The Hall–Kier alpha value is -4.04. The number of hydrogen-bond acceptors (Lipinski definition) is 8. The van der Waals surface area contributed by atoms with E-state index in [1.165, 1.54) is 18.2 Å². The van der Waals surface area contributed by atoms with Crippen LogP contribution < -0.4 is 15.0 Å². The van der Waals surface area contributed by atoms with E-state index >= 15 is 8.78 Å². The fraction of sp³-hybridized carbons (Fsp3) is 0.500. The third kappa shape index (κ3) is 5.55. The Kier molecular flexibility index (Phi) is 7.50. The summed E-state index contributed by atoms with van der Waals surface area (Å²) in [6, 6.07) is 8.64. The van der Waals surface area contributed by atoms with Gasteiger partial charge in [0.1, 0.15) is 22.9 Å². The largest absolute Gasteiger partial charge is 0.508 e. The molecule has 3 saturated heterocycles. The van der Waals surface area contributed by atoms with Crippen LogP contribution in [0.15, 0.2) is 30.3 Å². The zero-order valence-corrected chi connectivity index (χ0v) is 28.7. The molecule has 1 aromatic heterocycles. The molecule has 10 heteroatoms. The molecule has 8 nitrogen and oxygen atoms in total. The van der Waals surface area contributed by atoms with Crippen molar-refractivity contribution in [3.63, 3.8) is 0 Å². The lowest BCUT2D eigenvalue weighted by molar-refractivity contribution is -0.0532. The Bertz CT molecular complexity index is 2060. The van der Waals surface area contributed by atoms with Crippen molar-refractivity contribution in [3.05, 3.63) is 53.1 Å². The first kappa shape index (κ1) is 31.9. The number of terminal acetylenes is 1. The summed E-state index contributed by atoms with van der Waals surface area (Å²) in [7, 11) is 0. The van der Waals surface area contributed by atoms with Crippen LogP contribution >= 0.6 is 0 Å². The van der Waals surface area contributed by atoms with Crippen molar-refractivity contribution in [1.29, 1.82) is 0 Å². The molecule has 3 aliphatic heterocycles. The highest BCUT2D eigenvalue weighted by Crippen LogP contribution is 2.49. The highest BCUT2D eigenvalue weighted by Gasteiger charge is 2.51. The number of rotatable bonds is 8. The molecule has 2 atom stereocenters. The van der Waals surface area contributed by atoms with Crippen molar-refractivity contribution in [2.45, 2.75) is 76.0 Å². The molecular formula is C40H43F2N5O3. The summed E-state index contributed by atoms with van der Waals surface area (Å²) in [6.07, 6.45) is 12.4. The predicted molar refractivity (Wildman–Crippen MR) is 190 cm³/mol. The Labute approximate surface area is 291 Å². The number of phenols is 1. The number of benzene rings is 3. The van der Waals surface area contributed by atoms with Gasteiger partial charge in [-0.15, -0.1) is 6.42 Å². The Morgan fingerprint density at radius 3 is 2.58 bits per heavy atom. The number of aromatic nitrogens is 2. The van der Waals surface area contributed by atoms with Gasteiger partial charge in [-0.25, -0.2) is 8.78 Å². The number of halogens is 2. The summed E-state index contributed by atoms with van der Waals surface area (Å²) >= 11 is 0. The molecule has 1 spiro atoms. The lowest BCUT2D eigenvalue weighted by Gasteiger charge is -2.35. The van der Waals surface area contributed by atoms with Crippen molar-refractivity contribution in [1.82, 2.24) is 20.2 Å². The summed E-state index contributed by atoms with van der Waals surface area (Å²) in [6.45, 7) is 9.56. The van der Waals surface area contributed by atoms with Crippen molar-refractivity contribution in [2.24, 2.45) is 5.41 Å². The first-order valence-electron chi connectivity index (χ1n) is 18.1. The smallest absolute Gasteiger partial charge is 0.319 e. The highest BCUT2D eigenvalue weighted by atomic mass is 19.1. The number of nitrogens with one attached hydrogen (secondary N) is 1. The molecule has 50 heavy (non-hydrogen) atoms. The normalized spacial score (nSPS) is 23.6. The van der Waals surface area contributed by atoms with Crippen molar-refractivity contribution >= 4 is 27.5 Å². The van der Waals surface area contributed by atoms with E-state index in [1.54, 1.807) is 6.07 Å². The molecule has 5 fully saturated rings. The first-order chi connectivity index (χ1) is 24.1. The monoisotopic (exact) mass is 679 g/mol. The molecular weight excluding hydrogens is 636 g/mol. The van der Waals surface area contributed by atoms with Crippen LogP contribution in [-0.4, -0.2) is 83.6 Å². The van der Waals surface area contributed by atoms with Gasteiger partial charge < -0.3 is 24.8 Å². The van der Waals surface area contributed by atoms with Crippen LogP contribution in [0.2, 0.25) is 0 Å². The van der Waals surface area contributed by atoms with Crippen LogP contribution in [0.1, 0.15) is 69.4 Å². The number of fused-ring (bicyclic) bond motifs is 4. The average molecular weight is 680 g/mol. The van der Waals surface area contributed by atoms with E-state index in [1.807, 2.05) is 19.9 Å². The number of ether oxygens (including phenoxy) is 2. The van der Waals surface area contributed by atoms with E-state index in [-0.39, 0.29) is 45.3 Å². The lowest BCUT2D eigenvalue weighted by atomic mass is 9.86. The van der Waals surface area contributed by atoms with Crippen molar-refractivity contribution in [2.75, 3.05) is 50.8 Å². The highest BCUT2D eigenvalue weighted by molar-refractivity contribution is 6.05. The minimum Gasteiger partial charge on any atom is -0.508 e. The zero-order valence-electron chi connectivity index (χ0n) is 28.7. The van der Waals surface area contributed by atoms with E-state index in [4.69, 9.17) is 25.9 Å². The summed E-state index contributed by atoms with van der Waals surface area (Å²) < 4.78 is 45.2. The minimum absolute atomic E-state index is 0.0153. The van der Waals surface area contributed by atoms with Gasteiger partial charge in [0.05, 0.1) is 24.4 Å². The quantitative estimate of drug-likeness (QED) is 0.204. The SMILES string of the molecule is C#Cc1c(F)ccc2cc(O)cc(-c3c(C(C)C)cc4c(N5CC6CCC(C5)N6)nc(OCC5(CN6CCOC7(CC7)C6)CC5)nc4c3F)c12. The molecule has 0 radical (unpaired) electrons. The van der Waals surface area contributed by atoms with Crippen molar-refractivity contribution in [3.8, 4) is 35.2 Å². The van der Waals surface area contributed by atoms with Gasteiger partial charge in [-0.05, 0) is 85.2 Å². The average Bonchev–Trinajstić information content (AvgIpc) is 4.02. The molecule has 2 N–H and O–H groups in total. The summed E-state index contributed by atoms with van der Waals surface area (Å²) in [4.78, 5) is 14.6. The molecule has 9 rings (SSSR count). The molecule has 2 saturated carbocycles. The number of nitrogens with zero attached hydrogens (tertiary/aromatic N) is 4. The molecule has 260 valence electrons. The maximum absolute atomic E-state index is 17.5. The Morgan fingerprint density at radius 1 is 1.10 bits per heavy atom. The predicted octanol–water partition coefficient (Wildman–Crippen LogP) is 6.50. The van der Waals surface area contributed by atoms with E-state index in [9.17, 15) is 5.11 Å². The molecule has 4 aromatic rings. The van der Waals surface area contributed by atoms with Gasteiger partial charge in [0.25, 0.3) is 0 Å². The number of aromatic hydroxyl groups is 1. The zero-order chi connectivity index (χ0) is 34.4. The Morgan fingerprint density at radius 2 is 1.88 bits per heavy atom. The van der Waals surface area contributed by atoms with Crippen LogP contribution in [0, 0.1) is 29.4 Å². The van der Waals surface area contributed by atoms with Gasteiger partial charge in [0.2, 0.25) is 0 Å². The van der Waals surface area contributed by atoms with Gasteiger partial charge >= 0.3 is 6.01 Å². The van der Waals surface area contributed by atoms with Crippen LogP contribution in [0.5, 0.6) is 11.8 Å². The van der Waals surface area contributed by atoms with E-state index in [2.05, 4.69) is 21.0 Å². The summed E-state index contributed by atoms with van der Waals surface area (Å²) in [5.74, 6) is 1.80. The Balaban J connectivity index is 1.16. The lowest BCUT2D eigenvalue weighted by Crippen LogP contribution is -2.51. The van der Waals surface area contributed by atoms with Gasteiger partial charge in [-0.3, -0.25) is 4.90 Å². The molecule has 3 aromatic carbocycles. The van der Waals surface area contributed by atoms with Gasteiger partial charge in [-0.2, -0.15) is 9.97 Å². The van der Waals surface area contributed by atoms with Crippen LogP contribution in [-0.2, 0) is 4.74 Å². The van der Waals surface area contributed by atoms with Crippen molar-refractivity contribution < 1.29 is 23.4 Å². The van der Waals surface area contributed by atoms with Crippen LogP contribution in [0.25, 0.3) is 32.8 Å². The topological polar surface area (TPSA) is 83.0 Å². The second kappa shape index (κ2) is 11.8. The third-order valence-corrected chi connectivity index (χ3v) is 11.7. The standard InChI is InChI=1S/C40H43F2N5O3/c1-4-28-32(41)8-5-24-15-27(48)16-30(33(24)28)34-29(23(2)3)17-31-36(35(34)42)44-38(45-37(31)47-18-25-6-7-26(19-47)43-25)49-22-39(9-10-39)20-46-13-14-50-40(21-46)11-12-40/h1,5,8,15-17,23,25-26,43,48H,6-7,9-14,18-22H2,2-3H3. The summed E-state index contributed by atoms with van der Waals surface area (Å²) in [5, 5.41) is 16.0. The fourth-order valence-corrected chi connectivity index (χ4v) is 8.70. The van der Waals surface area contributed by atoms with Crippen LogP contribution in [0.4, 0.5) is 14.6 Å². The number of anilines is 1. The second-order valence-corrected chi connectivity index (χ2v) is 15.8. The number of piperazine rings is 1. The second-order valence-electron chi connectivity index (χ2n) is 15.8. The molecule has 0 amide bonds. The van der Waals surface area contributed by atoms with Crippen LogP contribution in [0.3, 0.4) is 0 Å². The van der Waals surface area contributed by atoms with Gasteiger partial charge in [0, 0.05) is 66.6 Å². The first-order valence-corrected chi connectivity index (χ1v) is 18.1. The molecule has 5 aliphatic rings.